The van der Waals surface area contributed by atoms with E-state index in [0.717, 1.165) is 13.0 Å². The van der Waals surface area contributed by atoms with Crippen LogP contribution in [-0.4, -0.2) is 49.3 Å². The molecule has 0 radical (unpaired) electrons. The first-order valence-corrected chi connectivity index (χ1v) is 7.08. The van der Waals surface area contributed by atoms with Gasteiger partial charge >= 0.3 is 6.18 Å². The molecule has 1 heterocycles. The van der Waals surface area contributed by atoms with E-state index in [1.54, 1.807) is 0 Å². The predicted molar refractivity (Wildman–Crippen MR) is 77.7 cm³/mol. The van der Waals surface area contributed by atoms with Crippen molar-refractivity contribution in [2.75, 3.05) is 20.2 Å². The van der Waals surface area contributed by atoms with Crippen LogP contribution in [0.3, 0.4) is 0 Å². The van der Waals surface area contributed by atoms with Gasteiger partial charge in [-0.1, -0.05) is 0 Å². The molecule has 2 rings (SSSR count). The molecule has 130 valence electrons. The van der Waals surface area contributed by atoms with Gasteiger partial charge in [0.25, 0.3) is 5.91 Å². The fourth-order valence-electron chi connectivity index (χ4n) is 2.26. The third-order valence-corrected chi connectivity index (χ3v) is 3.62. The second kappa shape index (κ2) is 6.57. The van der Waals surface area contributed by atoms with Crippen molar-refractivity contribution in [2.45, 2.75) is 25.2 Å². The Morgan fingerprint density at radius 1 is 1.46 bits per heavy atom. The maximum absolute atomic E-state index is 12.8. The van der Waals surface area contributed by atoms with Gasteiger partial charge in [-0.15, -0.1) is 0 Å². The van der Waals surface area contributed by atoms with Crippen LogP contribution in [0.5, 0.6) is 11.5 Å². The minimum absolute atomic E-state index is 0.0256. The summed E-state index contributed by atoms with van der Waals surface area (Å²) in [4.78, 5) is 13.9. The van der Waals surface area contributed by atoms with Crippen molar-refractivity contribution in [2.24, 2.45) is 5.73 Å². The summed E-state index contributed by atoms with van der Waals surface area (Å²) in [5, 5.41) is 9.11. The van der Waals surface area contributed by atoms with E-state index in [9.17, 15) is 18.0 Å². The maximum atomic E-state index is 12.8. The summed E-state index contributed by atoms with van der Waals surface area (Å²) in [6, 6.07) is 4.06. The average molecular weight is 343 g/mol. The van der Waals surface area contributed by atoms with Crippen LogP contribution >= 0.6 is 0 Å². The molecule has 1 aromatic carbocycles. The number of rotatable bonds is 4. The molecule has 0 aliphatic carbocycles. The summed E-state index contributed by atoms with van der Waals surface area (Å²) >= 11 is 0. The number of methoxy groups -OCH3 is 1. The van der Waals surface area contributed by atoms with Gasteiger partial charge in [-0.05, 0) is 19.1 Å². The van der Waals surface area contributed by atoms with Crippen LogP contribution in [0, 0.1) is 11.3 Å². The summed E-state index contributed by atoms with van der Waals surface area (Å²) < 4.78 is 48.3. The highest BCUT2D eigenvalue weighted by atomic mass is 19.4. The van der Waals surface area contributed by atoms with E-state index < -0.39 is 18.2 Å². The van der Waals surface area contributed by atoms with E-state index in [1.165, 1.54) is 18.1 Å². The molecule has 1 aromatic rings. The Morgan fingerprint density at radius 3 is 2.54 bits per heavy atom. The zero-order valence-electron chi connectivity index (χ0n) is 13.1. The van der Waals surface area contributed by atoms with Gasteiger partial charge in [-0.3, -0.25) is 4.79 Å². The molecule has 0 aromatic heterocycles. The lowest BCUT2D eigenvalue weighted by atomic mass is 10.0. The van der Waals surface area contributed by atoms with Crippen molar-refractivity contribution in [3.63, 3.8) is 0 Å². The predicted octanol–water partition coefficient (Wildman–Crippen LogP) is 1.68. The highest BCUT2D eigenvalue weighted by molar-refractivity contribution is 6.01. The minimum Gasteiger partial charge on any atom is -0.494 e. The molecule has 1 saturated heterocycles. The molecule has 1 amide bonds. The van der Waals surface area contributed by atoms with Gasteiger partial charge in [0.1, 0.15) is 17.4 Å². The average Bonchev–Trinajstić information content (AvgIpc) is 2.49. The molecular formula is C15H16F3N3O3. The lowest BCUT2D eigenvalue weighted by Crippen LogP contribution is -2.57. The molecule has 1 fully saturated rings. The topological polar surface area (TPSA) is 88.6 Å². The second-order valence-corrected chi connectivity index (χ2v) is 5.40. The number of likely N-dealkylation sites (tertiary alicyclic amines) is 1. The van der Waals surface area contributed by atoms with Crippen molar-refractivity contribution in [1.29, 1.82) is 5.26 Å². The van der Waals surface area contributed by atoms with Gasteiger partial charge in [0, 0.05) is 19.1 Å². The SMILES string of the molecule is COc1c(C#N)ccc(O[C@@H](C)C(F)(F)F)c1C(=O)N1CC(N)C1. The van der Waals surface area contributed by atoms with E-state index in [2.05, 4.69) is 0 Å². The summed E-state index contributed by atoms with van der Waals surface area (Å²) in [5.41, 5.74) is 5.45. The molecule has 1 aliphatic heterocycles. The van der Waals surface area contributed by atoms with Crippen LogP contribution in [0.2, 0.25) is 0 Å². The van der Waals surface area contributed by atoms with Gasteiger partial charge in [0.15, 0.2) is 11.9 Å². The number of halogens is 3. The number of nitriles is 1. The third-order valence-electron chi connectivity index (χ3n) is 3.62. The van der Waals surface area contributed by atoms with Crippen LogP contribution in [0.1, 0.15) is 22.8 Å². The summed E-state index contributed by atoms with van der Waals surface area (Å²) in [5.74, 6) is -0.994. The Bertz CT molecular complexity index is 679. The van der Waals surface area contributed by atoms with Gasteiger partial charge in [0.05, 0.1) is 12.7 Å². The number of nitrogens with two attached hydrogens (primary N) is 1. The van der Waals surface area contributed by atoms with Crippen LogP contribution in [-0.2, 0) is 0 Å². The monoisotopic (exact) mass is 343 g/mol. The Labute approximate surface area is 136 Å². The molecule has 24 heavy (non-hydrogen) atoms. The lowest BCUT2D eigenvalue weighted by Gasteiger charge is -2.37. The number of carbonyl (C=O) groups excluding carboxylic acids is 1. The molecule has 9 heteroatoms. The quantitative estimate of drug-likeness (QED) is 0.898. The van der Waals surface area contributed by atoms with E-state index in [1.807, 2.05) is 6.07 Å². The van der Waals surface area contributed by atoms with Crippen LogP contribution < -0.4 is 15.2 Å². The number of hydrogen-bond acceptors (Lipinski definition) is 5. The van der Waals surface area contributed by atoms with E-state index >= 15 is 0 Å². The normalized spacial score (nSPS) is 16.1. The summed E-state index contributed by atoms with van der Waals surface area (Å²) in [7, 11) is 1.23. The number of hydrogen-bond donors (Lipinski definition) is 1. The molecule has 6 nitrogen and oxygen atoms in total. The van der Waals surface area contributed by atoms with Gasteiger partial charge in [-0.2, -0.15) is 18.4 Å². The maximum Gasteiger partial charge on any atom is 0.425 e. The lowest BCUT2D eigenvalue weighted by molar-refractivity contribution is -0.189. The number of benzene rings is 1. The van der Waals surface area contributed by atoms with Gasteiger partial charge < -0.3 is 20.1 Å². The number of nitrogens with zero attached hydrogens (tertiary/aromatic N) is 2. The fourth-order valence-corrected chi connectivity index (χ4v) is 2.26. The Hall–Kier alpha value is -2.47. The molecule has 0 saturated carbocycles. The largest absolute Gasteiger partial charge is 0.494 e. The minimum atomic E-state index is -4.60. The van der Waals surface area contributed by atoms with Gasteiger partial charge in [-0.25, -0.2) is 0 Å². The zero-order chi connectivity index (χ0) is 18.1. The molecule has 0 spiro atoms. The van der Waals surface area contributed by atoms with Crippen LogP contribution in [0.15, 0.2) is 12.1 Å². The zero-order valence-corrected chi connectivity index (χ0v) is 13.1. The third kappa shape index (κ3) is 3.38. The van der Waals surface area contributed by atoms with Crippen molar-refractivity contribution in [3.05, 3.63) is 23.3 Å². The molecule has 1 atom stereocenters. The van der Waals surface area contributed by atoms with Crippen LogP contribution in [0.4, 0.5) is 13.2 Å². The van der Waals surface area contributed by atoms with E-state index in [-0.39, 0.29) is 41.8 Å². The number of amides is 1. The molecule has 1 aliphatic rings. The van der Waals surface area contributed by atoms with Crippen molar-refractivity contribution >= 4 is 5.91 Å². The summed E-state index contributed by atoms with van der Waals surface area (Å²) in [6.45, 7) is 1.37. The standard InChI is InChI=1S/C15H16F3N3O3/c1-8(15(16,17)18)24-11-4-3-9(5-19)13(23-2)12(11)14(22)21-6-10(20)7-21/h3-4,8,10H,6-7,20H2,1-2H3/t8-/m0/s1. The second-order valence-electron chi connectivity index (χ2n) is 5.40. The number of ether oxygens (including phenoxy) is 2. The highest BCUT2D eigenvalue weighted by Crippen LogP contribution is 2.36. The number of alkyl halides is 3. The van der Waals surface area contributed by atoms with E-state index in [4.69, 9.17) is 20.5 Å². The van der Waals surface area contributed by atoms with E-state index in [0.29, 0.717) is 0 Å². The molecular weight excluding hydrogens is 327 g/mol. The van der Waals surface area contributed by atoms with Crippen molar-refractivity contribution in [3.8, 4) is 17.6 Å². The smallest absolute Gasteiger partial charge is 0.425 e. The van der Waals surface area contributed by atoms with Gasteiger partial charge in [0.2, 0.25) is 0 Å². The first kappa shape index (κ1) is 17.9. The Morgan fingerprint density at radius 2 is 2.08 bits per heavy atom. The summed E-state index contributed by atoms with van der Waals surface area (Å²) in [6.07, 6.45) is -6.72. The van der Waals surface area contributed by atoms with Crippen molar-refractivity contribution in [1.82, 2.24) is 4.90 Å². The molecule has 0 bridgehead atoms. The molecule has 2 N–H and O–H groups in total. The number of carbonyl (C=O) groups is 1. The van der Waals surface area contributed by atoms with Crippen molar-refractivity contribution < 1.29 is 27.4 Å². The fraction of sp³-hybridized carbons (Fsp3) is 0.467. The first-order chi connectivity index (χ1) is 11.2. The van der Waals surface area contributed by atoms with Crippen LogP contribution in [0.25, 0.3) is 0 Å². The highest BCUT2D eigenvalue weighted by Gasteiger charge is 2.40. The molecule has 0 unspecified atom stereocenters. The first-order valence-electron chi connectivity index (χ1n) is 7.08. The Balaban J connectivity index is 2.46. The Kier molecular flexibility index (Phi) is 4.89.